The Labute approximate surface area is 216 Å². The van der Waals surface area contributed by atoms with Crippen molar-refractivity contribution in [2.45, 2.75) is 44.2 Å². The summed E-state index contributed by atoms with van der Waals surface area (Å²) in [6, 6.07) is 9.74. The first kappa shape index (κ1) is 28.4. The molecule has 0 saturated carbocycles. The maximum absolute atomic E-state index is 13.3. The average Bonchev–Trinajstić information content (AvgIpc) is 2.79. The molecule has 7 nitrogen and oxygen atoms in total. The summed E-state index contributed by atoms with van der Waals surface area (Å²) in [5, 5.41) is 3.89. The Bertz CT molecular complexity index is 1110. The summed E-state index contributed by atoms with van der Waals surface area (Å²) in [6.07, 6.45) is 1.72. The maximum atomic E-state index is 13.3. The van der Waals surface area contributed by atoms with E-state index < -0.39 is 28.5 Å². The second-order valence-electron chi connectivity index (χ2n) is 7.81. The molecule has 34 heavy (non-hydrogen) atoms. The van der Waals surface area contributed by atoms with E-state index in [1.54, 1.807) is 25.1 Å². The van der Waals surface area contributed by atoms with Crippen LogP contribution in [0.4, 0.5) is 0 Å². The lowest BCUT2D eigenvalue weighted by Crippen LogP contribution is -2.50. The fourth-order valence-corrected chi connectivity index (χ4v) is 4.67. The zero-order valence-electron chi connectivity index (χ0n) is 19.2. The first-order chi connectivity index (χ1) is 16.0. The summed E-state index contributed by atoms with van der Waals surface area (Å²) in [6.45, 7) is 3.68. The van der Waals surface area contributed by atoms with Crippen LogP contribution in [0.1, 0.15) is 32.3 Å². The van der Waals surface area contributed by atoms with Gasteiger partial charge in [0, 0.05) is 25.2 Å². The Morgan fingerprint density at radius 1 is 1.03 bits per heavy atom. The monoisotopic (exact) mass is 547 g/mol. The zero-order valence-corrected chi connectivity index (χ0v) is 22.3. The third-order valence-electron chi connectivity index (χ3n) is 5.21. The molecule has 2 rings (SSSR count). The smallest absolute Gasteiger partial charge is 0.243 e. The molecule has 0 aromatic heterocycles. The molecule has 0 fully saturated rings. The third kappa shape index (κ3) is 7.58. The average molecular weight is 549 g/mol. The van der Waals surface area contributed by atoms with Crippen molar-refractivity contribution < 1.29 is 18.0 Å². The van der Waals surface area contributed by atoms with Crippen LogP contribution in [0.3, 0.4) is 0 Å². The quantitative estimate of drug-likeness (QED) is 0.416. The van der Waals surface area contributed by atoms with Gasteiger partial charge in [-0.2, -0.15) is 4.31 Å². The fraction of sp³-hybridized carbons (Fsp3) is 0.391. The predicted octanol–water partition coefficient (Wildman–Crippen LogP) is 4.60. The topological polar surface area (TPSA) is 86.8 Å². The fourth-order valence-electron chi connectivity index (χ4n) is 3.11. The van der Waals surface area contributed by atoms with Gasteiger partial charge in [-0.05, 0) is 55.3 Å². The van der Waals surface area contributed by atoms with Crippen molar-refractivity contribution in [1.29, 1.82) is 0 Å². The number of rotatable bonds is 11. The Hall–Kier alpha value is -1.84. The summed E-state index contributed by atoms with van der Waals surface area (Å²) in [4.78, 5) is 27.3. The van der Waals surface area contributed by atoms with E-state index in [1.807, 2.05) is 6.92 Å². The molecule has 1 atom stereocenters. The molecule has 0 aliphatic carbocycles. The van der Waals surface area contributed by atoms with Crippen molar-refractivity contribution in [3.05, 3.63) is 63.1 Å². The maximum Gasteiger partial charge on any atom is 0.243 e. The highest BCUT2D eigenvalue weighted by atomic mass is 35.5. The minimum atomic E-state index is -3.94. The van der Waals surface area contributed by atoms with E-state index in [0.29, 0.717) is 27.2 Å². The van der Waals surface area contributed by atoms with Gasteiger partial charge >= 0.3 is 0 Å². The number of carbonyl (C=O) groups excluding carboxylic acids is 2. The van der Waals surface area contributed by atoms with Gasteiger partial charge in [0.25, 0.3) is 0 Å². The highest BCUT2D eigenvalue weighted by Crippen LogP contribution is 2.24. The van der Waals surface area contributed by atoms with E-state index in [-0.39, 0.29) is 17.3 Å². The number of benzene rings is 2. The molecular formula is C23H28Cl3N3O4S. The summed E-state index contributed by atoms with van der Waals surface area (Å²) in [7, 11) is -2.63. The molecule has 2 aromatic carbocycles. The van der Waals surface area contributed by atoms with Gasteiger partial charge in [0.2, 0.25) is 21.8 Å². The van der Waals surface area contributed by atoms with Crippen LogP contribution >= 0.6 is 34.8 Å². The summed E-state index contributed by atoms with van der Waals surface area (Å²) in [5.41, 5.74) is 0.652. The number of nitrogens with one attached hydrogen (secondary N) is 1. The van der Waals surface area contributed by atoms with Crippen molar-refractivity contribution in [2.75, 3.05) is 20.1 Å². The second kappa shape index (κ2) is 12.7. The first-order valence-electron chi connectivity index (χ1n) is 10.7. The standard InChI is InChI=1S/C23H28Cl3N3O4S/c1-4-5-12-27-23(31)16(2)29(14-17-6-11-20(25)21(26)13-17)22(30)15-28(3)34(32,33)19-9-7-18(24)8-10-19/h6-11,13,16H,4-5,12,14-15H2,1-3H3,(H,27,31)/t16-/m0/s1. The number of unbranched alkanes of at least 4 members (excludes halogenated alkanes) is 1. The predicted molar refractivity (Wildman–Crippen MR) is 136 cm³/mol. The van der Waals surface area contributed by atoms with Crippen LogP contribution < -0.4 is 5.32 Å². The lowest BCUT2D eigenvalue weighted by molar-refractivity contribution is -0.140. The molecule has 0 radical (unpaired) electrons. The SMILES string of the molecule is CCCCNC(=O)[C@H](C)N(Cc1ccc(Cl)c(Cl)c1)C(=O)CN(C)S(=O)(=O)c1ccc(Cl)cc1. The molecule has 0 heterocycles. The summed E-state index contributed by atoms with van der Waals surface area (Å²) >= 11 is 18.0. The van der Waals surface area contributed by atoms with Gasteiger partial charge in [-0.1, -0.05) is 54.2 Å². The van der Waals surface area contributed by atoms with Gasteiger partial charge in [0.05, 0.1) is 21.5 Å². The molecule has 2 aromatic rings. The molecule has 0 bridgehead atoms. The number of carbonyl (C=O) groups is 2. The van der Waals surface area contributed by atoms with E-state index in [9.17, 15) is 18.0 Å². The normalized spacial score (nSPS) is 12.4. The van der Waals surface area contributed by atoms with Crippen LogP contribution in [0.5, 0.6) is 0 Å². The molecule has 1 N–H and O–H groups in total. The van der Waals surface area contributed by atoms with Crippen molar-refractivity contribution in [1.82, 2.24) is 14.5 Å². The number of halogens is 3. The molecule has 2 amide bonds. The van der Waals surface area contributed by atoms with Crippen LogP contribution in [0.15, 0.2) is 47.4 Å². The van der Waals surface area contributed by atoms with Crippen LogP contribution in [-0.2, 0) is 26.2 Å². The van der Waals surface area contributed by atoms with Gasteiger partial charge in [0.15, 0.2) is 0 Å². The Kier molecular flexibility index (Phi) is 10.6. The number of likely N-dealkylation sites (N-methyl/N-ethyl adjacent to an activating group) is 1. The van der Waals surface area contributed by atoms with E-state index >= 15 is 0 Å². The van der Waals surface area contributed by atoms with Gasteiger partial charge in [-0.3, -0.25) is 9.59 Å². The van der Waals surface area contributed by atoms with Gasteiger partial charge in [-0.15, -0.1) is 0 Å². The number of hydrogen-bond donors (Lipinski definition) is 1. The van der Waals surface area contributed by atoms with Crippen LogP contribution in [-0.4, -0.2) is 55.6 Å². The molecule has 186 valence electrons. The minimum absolute atomic E-state index is 0.00795. The molecule has 0 spiro atoms. The van der Waals surface area contributed by atoms with Gasteiger partial charge in [-0.25, -0.2) is 8.42 Å². The second-order valence-corrected chi connectivity index (χ2v) is 11.1. The summed E-state index contributed by atoms with van der Waals surface area (Å²) in [5.74, 6) is -0.866. The van der Waals surface area contributed by atoms with Crippen molar-refractivity contribution in [3.63, 3.8) is 0 Å². The number of hydrogen-bond acceptors (Lipinski definition) is 4. The summed E-state index contributed by atoms with van der Waals surface area (Å²) < 4.78 is 26.8. The lowest BCUT2D eigenvalue weighted by Gasteiger charge is -2.30. The largest absolute Gasteiger partial charge is 0.354 e. The number of amides is 2. The van der Waals surface area contributed by atoms with Crippen LogP contribution in [0.25, 0.3) is 0 Å². The number of sulfonamides is 1. The zero-order chi connectivity index (χ0) is 25.5. The molecule has 0 unspecified atom stereocenters. The molecule has 0 aliphatic heterocycles. The molecule has 0 aliphatic rings. The van der Waals surface area contributed by atoms with Gasteiger partial charge in [0.1, 0.15) is 6.04 Å². The van der Waals surface area contributed by atoms with Crippen LogP contribution in [0, 0.1) is 0 Å². The van der Waals surface area contributed by atoms with Crippen molar-refractivity contribution in [2.24, 2.45) is 0 Å². The Morgan fingerprint density at radius 3 is 2.26 bits per heavy atom. The minimum Gasteiger partial charge on any atom is -0.354 e. The van der Waals surface area contributed by atoms with Crippen molar-refractivity contribution >= 4 is 56.6 Å². The number of nitrogens with zero attached hydrogens (tertiary/aromatic N) is 2. The van der Waals surface area contributed by atoms with Crippen molar-refractivity contribution in [3.8, 4) is 0 Å². The lowest BCUT2D eigenvalue weighted by atomic mass is 10.1. The van der Waals surface area contributed by atoms with E-state index in [0.717, 1.165) is 17.1 Å². The first-order valence-corrected chi connectivity index (χ1v) is 13.3. The molecule has 0 saturated heterocycles. The van der Waals surface area contributed by atoms with E-state index in [2.05, 4.69) is 5.32 Å². The highest BCUT2D eigenvalue weighted by Gasteiger charge is 2.30. The van der Waals surface area contributed by atoms with E-state index in [4.69, 9.17) is 34.8 Å². The Balaban J connectivity index is 2.26. The van der Waals surface area contributed by atoms with E-state index in [1.165, 1.54) is 36.2 Å². The third-order valence-corrected chi connectivity index (χ3v) is 8.02. The highest BCUT2D eigenvalue weighted by molar-refractivity contribution is 7.89. The molecular weight excluding hydrogens is 521 g/mol. The van der Waals surface area contributed by atoms with Gasteiger partial charge < -0.3 is 10.2 Å². The van der Waals surface area contributed by atoms with Crippen LogP contribution in [0.2, 0.25) is 15.1 Å². The molecule has 11 heteroatoms. The Morgan fingerprint density at radius 2 is 1.68 bits per heavy atom.